The van der Waals surface area contributed by atoms with Gasteiger partial charge in [0.05, 0.1) is 4.90 Å². The summed E-state index contributed by atoms with van der Waals surface area (Å²) < 4.78 is 28.5. The number of benzene rings is 2. The highest BCUT2D eigenvalue weighted by molar-refractivity contribution is 7.89. The summed E-state index contributed by atoms with van der Waals surface area (Å²) in [6.07, 6.45) is 1.68. The number of hydrogen-bond acceptors (Lipinski definition) is 4. The van der Waals surface area contributed by atoms with E-state index in [-0.39, 0.29) is 22.6 Å². The quantitative estimate of drug-likeness (QED) is 0.629. The van der Waals surface area contributed by atoms with E-state index < -0.39 is 16.1 Å². The zero-order valence-electron chi connectivity index (χ0n) is 17.1. The third-order valence-corrected chi connectivity index (χ3v) is 6.49. The van der Waals surface area contributed by atoms with Crippen molar-refractivity contribution in [1.29, 1.82) is 0 Å². The number of amides is 2. The van der Waals surface area contributed by atoms with E-state index in [0.29, 0.717) is 31.5 Å². The van der Waals surface area contributed by atoms with E-state index >= 15 is 0 Å². The first kappa shape index (κ1) is 22.0. The number of fused-ring (bicyclic) bond motifs is 1. The molecule has 0 fully saturated rings. The Kier molecular flexibility index (Phi) is 6.89. The number of rotatable bonds is 7. The molecule has 3 rings (SSSR count). The smallest absolute Gasteiger partial charge is 0.241 e. The number of sulfonamides is 1. The second-order valence-corrected chi connectivity index (χ2v) is 9.48. The first-order chi connectivity index (χ1) is 14.3. The zero-order chi connectivity index (χ0) is 21.7. The molecule has 0 saturated carbocycles. The number of hydrogen-bond donors (Lipinski definition) is 3. The Morgan fingerprint density at radius 1 is 1.10 bits per heavy atom. The Morgan fingerprint density at radius 2 is 1.83 bits per heavy atom. The van der Waals surface area contributed by atoms with Crippen molar-refractivity contribution < 1.29 is 18.0 Å². The Morgan fingerprint density at radius 3 is 2.53 bits per heavy atom. The van der Waals surface area contributed by atoms with E-state index in [4.69, 9.17) is 0 Å². The first-order valence-corrected chi connectivity index (χ1v) is 11.5. The van der Waals surface area contributed by atoms with E-state index in [1.807, 2.05) is 30.3 Å². The number of carbonyl (C=O) groups is 2. The van der Waals surface area contributed by atoms with Crippen molar-refractivity contribution in [3.8, 4) is 0 Å². The lowest BCUT2D eigenvalue weighted by molar-refractivity contribution is -0.123. The van der Waals surface area contributed by atoms with Gasteiger partial charge in [-0.05, 0) is 48.1 Å². The molecule has 0 radical (unpaired) electrons. The molecule has 30 heavy (non-hydrogen) atoms. The molecule has 1 atom stereocenters. The van der Waals surface area contributed by atoms with Crippen LogP contribution in [-0.4, -0.2) is 26.3 Å². The van der Waals surface area contributed by atoms with E-state index in [9.17, 15) is 18.0 Å². The van der Waals surface area contributed by atoms with Gasteiger partial charge in [0.25, 0.3) is 0 Å². The van der Waals surface area contributed by atoms with Crippen LogP contribution in [0.5, 0.6) is 0 Å². The summed E-state index contributed by atoms with van der Waals surface area (Å²) in [5.41, 5.74) is 2.35. The molecule has 0 aliphatic carbocycles. The van der Waals surface area contributed by atoms with E-state index in [1.165, 1.54) is 6.07 Å². The molecule has 1 aliphatic heterocycles. The van der Waals surface area contributed by atoms with E-state index in [0.717, 1.165) is 11.1 Å². The predicted octanol–water partition coefficient (Wildman–Crippen LogP) is 2.58. The van der Waals surface area contributed by atoms with Gasteiger partial charge < -0.3 is 10.6 Å². The lowest BCUT2D eigenvalue weighted by Gasteiger charge is -2.22. The molecule has 1 heterocycles. The third-order valence-electron chi connectivity index (χ3n) is 5.05. The standard InChI is InChI=1S/C22H27N3O4S/c1-15(2)21(22(27)23-14-16-7-4-3-5-8-16)25-30(28,29)18-11-12-19-17(13-18)9-6-10-20(26)24-19/h3-5,7-8,11-13,15,21,25H,6,9-10,14H2,1-2H3,(H,23,27)(H,24,26)/t21-/m1/s1. The van der Waals surface area contributed by atoms with E-state index in [1.54, 1.807) is 26.0 Å². The molecule has 7 nitrogen and oxygen atoms in total. The molecule has 0 bridgehead atoms. The van der Waals surface area contributed by atoms with Crippen molar-refractivity contribution in [3.63, 3.8) is 0 Å². The predicted molar refractivity (Wildman–Crippen MR) is 115 cm³/mol. The van der Waals surface area contributed by atoms with Gasteiger partial charge in [-0.2, -0.15) is 4.72 Å². The van der Waals surface area contributed by atoms with E-state index in [2.05, 4.69) is 15.4 Å². The van der Waals surface area contributed by atoms with Gasteiger partial charge in [-0.1, -0.05) is 44.2 Å². The van der Waals surface area contributed by atoms with Crippen molar-refractivity contribution in [2.24, 2.45) is 5.92 Å². The summed E-state index contributed by atoms with van der Waals surface area (Å²) in [7, 11) is -3.91. The minimum Gasteiger partial charge on any atom is -0.351 e. The van der Waals surface area contributed by atoms with Gasteiger partial charge in [0.15, 0.2) is 0 Å². The lowest BCUT2D eigenvalue weighted by Crippen LogP contribution is -2.49. The normalized spacial score (nSPS) is 15.1. The molecule has 0 saturated heterocycles. The zero-order valence-corrected chi connectivity index (χ0v) is 18.0. The SMILES string of the molecule is CC(C)[C@@H](NS(=O)(=O)c1ccc2c(c1)CCCC(=O)N2)C(=O)NCc1ccccc1. The van der Waals surface area contributed by atoms with Crippen molar-refractivity contribution in [3.05, 3.63) is 59.7 Å². The summed E-state index contributed by atoms with van der Waals surface area (Å²) in [4.78, 5) is 24.5. The summed E-state index contributed by atoms with van der Waals surface area (Å²) in [6, 6.07) is 13.2. The van der Waals surface area contributed by atoms with Crippen LogP contribution in [0, 0.1) is 5.92 Å². The van der Waals surface area contributed by atoms with Crippen LogP contribution in [0.3, 0.4) is 0 Å². The van der Waals surface area contributed by atoms with Gasteiger partial charge in [0.1, 0.15) is 6.04 Å². The highest BCUT2D eigenvalue weighted by Gasteiger charge is 2.29. The summed E-state index contributed by atoms with van der Waals surface area (Å²) >= 11 is 0. The summed E-state index contributed by atoms with van der Waals surface area (Å²) in [5, 5.41) is 5.60. The molecule has 1 aliphatic rings. The Bertz CT molecular complexity index is 1020. The van der Waals surface area contributed by atoms with Gasteiger partial charge in [-0.25, -0.2) is 8.42 Å². The Hall–Kier alpha value is -2.71. The van der Waals surface area contributed by atoms with Crippen LogP contribution in [0.15, 0.2) is 53.4 Å². The van der Waals surface area contributed by atoms with Gasteiger partial charge >= 0.3 is 0 Å². The molecule has 160 valence electrons. The highest BCUT2D eigenvalue weighted by atomic mass is 32.2. The van der Waals surface area contributed by atoms with Crippen LogP contribution in [0.25, 0.3) is 0 Å². The maximum absolute atomic E-state index is 13.0. The van der Waals surface area contributed by atoms with Crippen LogP contribution in [0.4, 0.5) is 5.69 Å². The number of aryl methyl sites for hydroxylation is 1. The topological polar surface area (TPSA) is 104 Å². The summed E-state index contributed by atoms with van der Waals surface area (Å²) in [5.74, 6) is -0.687. The molecule has 0 spiro atoms. The van der Waals surface area contributed by atoms with Crippen LogP contribution >= 0.6 is 0 Å². The fourth-order valence-electron chi connectivity index (χ4n) is 3.34. The second-order valence-electron chi connectivity index (χ2n) is 7.77. The van der Waals surface area contributed by atoms with Gasteiger partial charge in [0.2, 0.25) is 21.8 Å². The largest absolute Gasteiger partial charge is 0.351 e. The molecule has 2 aromatic carbocycles. The Balaban J connectivity index is 1.75. The molecule has 0 aromatic heterocycles. The van der Waals surface area contributed by atoms with Gasteiger partial charge in [-0.15, -0.1) is 0 Å². The molecule has 2 amide bonds. The summed E-state index contributed by atoms with van der Waals surface area (Å²) in [6.45, 7) is 3.91. The maximum atomic E-state index is 13.0. The minimum atomic E-state index is -3.91. The van der Waals surface area contributed by atoms with Crippen molar-refractivity contribution in [1.82, 2.24) is 10.0 Å². The van der Waals surface area contributed by atoms with Crippen molar-refractivity contribution >= 4 is 27.5 Å². The molecule has 8 heteroatoms. The molecule has 2 aromatic rings. The first-order valence-electron chi connectivity index (χ1n) is 10.0. The van der Waals surface area contributed by atoms with Gasteiger partial charge in [0, 0.05) is 18.7 Å². The maximum Gasteiger partial charge on any atom is 0.241 e. The molecular weight excluding hydrogens is 402 g/mol. The van der Waals surface area contributed by atoms with Crippen molar-refractivity contribution in [2.75, 3.05) is 5.32 Å². The second kappa shape index (κ2) is 9.40. The van der Waals surface area contributed by atoms with Crippen LogP contribution < -0.4 is 15.4 Å². The average molecular weight is 430 g/mol. The number of carbonyl (C=O) groups excluding carboxylic acids is 2. The highest BCUT2D eigenvalue weighted by Crippen LogP contribution is 2.25. The molecule has 0 unspecified atom stereocenters. The fourth-order valence-corrected chi connectivity index (χ4v) is 4.73. The average Bonchev–Trinajstić information content (AvgIpc) is 2.90. The van der Waals surface area contributed by atoms with Crippen LogP contribution in [0.2, 0.25) is 0 Å². The number of anilines is 1. The van der Waals surface area contributed by atoms with Crippen molar-refractivity contribution in [2.45, 2.75) is 50.6 Å². The third kappa shape index (κ3) is 5.46. The fraction of sp³-hybridized carbons (Fsp3) is 0.364. The number of nitrogens with one attached hydrogen (secondary N) is 3. The molecular formula is C22H27N3O4S. The minimum absolute atomic E-state index is 0.0718. The van der Waals surface area contributed by atoms with Gasteiger partial charge in [-0.3, -0.25) is 9.59 Å². The monoisotopic (exact) mass is 429 g/mol. The lowest BCUT2D eigenvalue weighted by atomic mass is 10.0. The van der Waals surface area contributed by atoms with Crippen LogP contribution in [0.1, 0.15) is 37.8 Å². The molecule has 3 N–H and O–H groups in total. The van der Waals surface area contributed by atoms with Crippen LogP contribution in [-0.2, 0) is 32.6 Å². The Labute approximate surface area is 177 Å².